The topological polar surface area (TPSA) is 64.7 Å². The number of para-hydroxylation sites is 1. The molecule has 0 aliphatic rings. The first-order chi connectivity index (χ1) is 9.99. The molecule has 1 atom stereocenters. The van der Waals surface area contributed by atoms with Crippen LogP contribution in [0.3, 0.4) is 0 Å². The molecule has 21 heavy (non-hydrogen) atoms. The second-order valence-electron chi connectivity index (χ2n) is 4.38. The lowest BCUT2D eigenvalue weighted by Crippen LogP contribution is -2.08. The number of hydrogen-bond donors (Lipinski definition) is 2. The molecule has 0 saturated carbocycles. The molecule has 0 saturated heterocycles. The van der Waals surface area contributed by atoms with Gasteiger partial charge < -0.3 is 20.3 Å². The van der Waals surface area contributed by atoms with Crippen LogP contribution in [0.2, 0.25) is 5.02 Å². The molecule has 112 valence electrons. The Morgan fingerprint density at radius 3 is 2.52 bits per heavy atom. The number of ether oxygens (including phenoxy) is 2. The van der Waals surface area contributed by atoms with Crippen molar-refractivity contribution < 1.29 is 19.0 Å². The van der Waals surface area contributed by atoms with Gasteiger partial charge in [0.1, 0.15) is 11.9 Å². The lowest BCUT2D eigenvalue weighted by molar-refractivity contribution is 0.213. The monoisotopic (exact) mass is 311 g/mol. The van der Waals surface area contributed by atoms with Crippen LogP contribution in [0, 0.1) is 5.82 Å². The molecule has 0 radical (unpaired) electrons. The standard InChI is InChI=1S/C15H15ClFNO3/c1-20-12-5-3-4-9(15(12)21-2)14(19)10-6-8(16)7-11(17)13(10)18/h3-7,14,19H,18H2,1-2H3. The zero-order chi connectivity index (χ0) is 15.6. The lowest BCUT2D eigenvalue weighted by atomic mass is 9.98. The third kappa shape index (κ3) is 2.89. The van der Waals surface area contributed by atoms with Gasteiger partial charge in [0.15, 0.2) is 11.5 Å². The van der Waals surface area contributed by atoms with Crippen molar-refractivity contribution in [2.45, 2.75) is 6.10 Å². The summed E-state index contributed by atoms with van der Waals surface area (Å²) < 4.78 is 24.1. The van der Waals surface area contributed by atoms with Crippen LogP contribution in [-0.2, 0) is 0 Å². The van der Waals surface area contributed by atoms with Crippen molar-refractivity contribution >= 4 is 17.3 Å². The van der Waals surface area contributed by atoms with Crippen molar-refractivity contribution in [2.75, 3.05) is 20.0 Å². The van der Waals surface area contributed by atoms with Crippen LogP contribution in [0.5, 0.6) is 11.5 Å². The van der Waals surface area contributed by atoms with Gasteiger partial charge in [-0.15, -0.1) is 0 Å². The fourth-order valence-corrected chi connectivity index (χ4v) is 2.34. The second-order valence-corrected chi connectivity index (χ2v) is 4.81. The van der Waals surface area contributed by atoms with Crippen LogP contribution < -0.4 is 15.2 Å². The van der Waals surface area contributed by atoms with Crippen LogP contribution >= 0.6 is 11.6 Å². The summed E-state index contributed by atoms with van der Waals surface area (Å²) >= 11 is 5.82. The Balaban J connectivity index is 2.57. The maximum absolute atomic E-state index is 13.7. The summed E-state index contributed by atoms with van der Waals surface area (Å²) in [7, 11) is 2.94. The number of benzene rings is 2. The summed E-state index contributed by atoms with van der Waals surface area (Å²) in [5, 5.41) is 10.7. The molecule has 2 aromatic rings. The molecular formula is C15H15ClFNO3. The van der Waals surface area contributed by atoms with Gasteiger partial charge in [-0.05, 0) is 18.2 Å². The SMILES string of the molecule is COc1cccc(C(O)c2cc(Cl)cc(F)c2N)c1OC. The highest BCUT2D eigenvalue weighted by atomic mass is 35.5. The van der Waals surface area contributed by atoms with Gasteiger partial charge in [0.05, 0.1) is 19.9 Å². The van der Waals surface area contributed by atoms with Gasteiger partial charge in [-0.3, -0.25) is 0 Å². The molecule has 0 fully saturated rings. The highest BCUT2D eigenvalue weighted by Crippen LogP contribution is 2.39. The molecule has 0 aliphatic heterocycles. The molecule has 0 heterocycles. The third-order valence-electron chi connectivity index (χ3n) is 3.15. The van der Waals surface area contributed by atoms with Gasteiger partial charge in [0, 0.05) is 16.1 Å². The van der Waals surface area contributed by atoms with E-state index in [0.29, 0.717) is 17.1 Å². The number of halogens is 2. The van der Waals surface area contributed by atoms with Gasteiger partial charge in [-0.2, -0.15) is 0 Å². The quantitative estimate of drug-likeness (QED) is 0.851. The predicted octanol–water partition coefficient (Wildman–Crippen LogP) is 3.16. The number of nitrogen functional groups attached to an aromatic ring is 1. The average Bonchev–Trinajstić information content (AvgIpc) is 2.49. The Hall–Kier alpha value is -1.98. The van der Waals surface area contributed by atoms with Crippen LogP contribution in [-0.4, -0.2) is 19.3 Å². The van der Waals surface area contributed by atoms with Gasteiger partial charge in [0.2, 0.25) is 0 Å². The van der Waals surface area contributed by atoms with Crippen molar-refractivity contribution in [2.24, 2.45) is 0 Å². The first kappa shape index (κ1) is 15.4. The van der Waals surface area contributed by atoms with Crippen LogP contribution in [0.15, 0.2) is 30.3 Å². The minimum Gasteiger partial charge on any atom is -0.493 e. The van der Waals surface area contributed by atoms with E-state index in [4.69, 9.17) is 26.8 Å². The summed E-state index contributed by atoms with van der Waals surface area (Å²) in [6.45, 7) is 0. The summed E-state index contributed by atoms with van der Waals surface area (Å²) in [6, 6.07) is 7.54. The predicted molar refractivity (Wildman–Crippen MR) is 79.4 cm³/mol. The lowest BCUT2D eigenvalue weighted by Gasteiger charge is -2.19. The van der Waals surface area contributed by atoms with E-state index in [2.05, 4.69) is 0 Å². The Morgan fingerprint density at radius 2 is 1.90 bits per heavy atom. The van der Waals surface area contributed by atoms with Crippen molar-refractivity contribution in [1.29, 1.82) is 0 Å². The molecule has 0 bridgehead atoms. The fraction of sp³-hybridized carbons (Fsp3) is 0.200. The van der Waals surface area contributed by atoms with E-state index < -0.39 is 11.9 Å². The molecule has 0 aromatic heterocycles. The van der Waals surface area contributed by atoms with Crippen molar-refractivity contribution in [1.82, 2.24) is 0 Å². The fourth-order valence-electron chi connectivity index (χ4n) is 2.13. The highest BCUT2D eigenvalue weighted by molar-refractivity contribution is 6.30. The van der Waals surface area contributed by atoms with E-state index in [1.54, 1.807) is 18.2 Å². The Bertz CT molecular complexity index is 664. The first-order valence-electron chi connectivity index (χ1n) is 6.13. The minimum absolute atomic E-state index is 0.151. The first-order valence-corrected chi connectivity index (χ1v) is 6.50. The number of rotatable bonds is 4. The maximum Gasteiger partial charge on any atom is 0.166 e. The largest absolute Gasteiger partial charge is 0.493 e. The molecule has 2 aromatic carbocycles. The van der Waals surface area contributed by atoms with Gasteiger partial charge in [-0.1, -0.05) is 23.7 Å². The van der Waals surface area contributed by atoms with E-state index >= 15 is 0 Å². The minimum atomic E-state index is -1.19. The molecule has 0 amide bonds. The van der Waals surface area contributed by atoms with E-state index in [1.807, 2.05) is 0 Å². The van der Waals surface area contributed by atoms with Crippen LogP contribution in [0.1, 0.15) is 17.2 Å². The summed E-state index contributed by atoms with van der Waals surface area (Å²) in [5.41, 5.74) is 6.11. The van der Waals surface area contributed by atoms with E-state index in [9.17, 15) is 9.50 Å². The molecule has 0 spiro atoms. The molecular weight excluding hydrogens is 297 g/mol. The zero-order valence-corrected chi connectivity index (χ0v) is 12.3. The molecule has 3 N–H and O–H groups in total. The average molecular weight is 312 g/mol. The Kier molecular flexibility index (Phi) is 4.55. The molecule has 6 heteroatoms. The highest BCUT2D eigenvalue weighted by Gasteiger charge is 2.22. The zero-order valence-electron chi connectivity index (χ0n) is 11.6. The number of anilines is 1. The van der Waals surface area contributed by atoms with E-state index in [-0.39, 0.29) is 16.3 Å². The smallest absolute Gasteiger partial charge is 0.166 e. The van der Waals surface area contributed by atoms with Gasteiger partial charge in [0.25, 0.3) is 0 Å². The number of hydrogen-bond acceptors (Lipinski definition) is 4. The number of nitrogens with two attached hydrogens (primary N) is 1. The normalized spacial score (nSPS) is 12.0. The van der Waals surface area contributed by atoms with Crippen molar-refractivity contribution in [3.8, 4) is 11.5 Å². The second kappa shape index (κ2) is 6.20. The Labute approximate surface area is 126 Å². The number of aliphatic hydroxyl groups excluding tert-OH is 1. The third-order valence-corrected chi connectivity index (χ3v) is 3.37. The summed E-state index contributed by atoms with van der Waals surface area (Å²) in [6.07, 6.45) is -1.19. The summed E-state index contributed by atoms with van der Waals surface area (Å²) in [5.74, 6) is 0.126. The molecule has 0 aliphatic carbocycles. The van der Waals surface area contributed by atoms with Gasteiger partial charge in [-0.25, -0.2) is 4.39 Å². The molecule has 2 rings (SSSR count). The maximum atomic E-state index is 13.7. The number of aliphatic hydroxyl groups is 1. The Morgan fingerprint density at radius 1 is 1.19 bits per heavy atom. The van der Waals surface area contributed by atoms with Gasteiger partial charge >= 0.3 is 0 Å². The van der Waals surface area contributed by atoms with Crippen molar-refractivity contribution in [3.63, 3.8) is 0 Å². The van der Waals surface area contributed by atoms with E-state index in [0.717, 1.165) is 6.07 Å². The van der Waals surface area contributed by atoms with E-state index in [1.165, 1.54) is 20.3 Å². The summed E-state index contributed by atoms with van der Waals surface area (Å²) in [4.78, 5) is 0. The van der Waals surface area contributed by atoms with Crippen molar-refractivity contribution in [3.05, 3.63) is 52.3 Å². The van der Waals surface area contributed by atoms with Crippen LogP contribution in [0.4, 0.5) is 10.1 Å². The van der Waals surface area contributed by atoms with Crippen LogP contribution in [0.25, 0.3) is 0 Å². The molecule has 4 nitrogen and oxygen atoms in total. The number of methoxy groups -OCH3 is 2. The molecule has 1 unspecified atom stereocenters.